The van der Waals surface area contributed by atoms with Crippen molar-refractivity contribution in [1.82, 2.24) is 0 Å². The second-order valence-corrected chi connectivity index (χ2v) is 5.31. The Balaban J connectivity index is 1.59. The Labute approximate surface area is 99.0 Å². The molecule has 4 saturated heterocycles. The van der Waals surface area contributed by atoms with E-state index in [-0.39, 0.29) is 37.0 Å². The molecule has 4 rings (SSSR count). The van der Waals surface area contributed by atoms with E-state index in [2.05, 4.69) is 0 Å². The zero-order chi connectivity index (χ0) is 11.6. The van der Waals surface area contributed by atoms with Crippen molar-refractivity contribution >= 4 is 0 Å². The van der Waals surface area contributed by atoms with Gasteiger partial charge in [0.15, 0.2) is 18.4 Å². The summed E-state index contributed by atoms with van der Waals surface area (Å²) in [6, 6.07) is 0. The summed E-state index contributed by atoms with van der Waals surface area (Å²) in [6.45, 7) is 4.78. The van der Waals surface area contributed by atoms with Crippen molar-refractivity contribution in [2.45, 2.75) is 56.6 Å². The van der Waals surface area contributed by atoms with Gasteiger partial charge in [0.25, 0.3) is 0 Å². The van der Waals surface area contributed by atoms with Crippen molar-refractivity contribution in [3.63, 3.8) is 0 Å². The average molecular weight is 244 g/mol. The number of hydrogen-bond acceptors (Lipinski definition) is 6. The van der Waals surface area contributed by atoms with E-state index >= 15 is 0 Å². The summed E-state index contributed by atoms with van der Waals surface area (Å²) >= 11 is 0. The van der Waals surface area contributed by atoms with Crippen molar-refractivity contribution in [3.05, 3.63) is 0 Å². The Morgan fingerprint density at radius 2 is 1.76 bits per heavy atom. The topological polar surface area (TPSA) is 55.4 Å². The molecule has 0 aromatic carbocycles. The van der Waals surface area contributed by atoms with Crippen LogP contribution in [0.3, 0.4) is 0 Å². The smallest absolute Gasteiger partial charge is 0.190 e. The molecule has 0 aromatic rings. The van der Waals surface area contributed by atoms with Gasteiger partial charge in [0, 0.05) is 0 Å². The maximum atomic E-state index is 5.84. The zero-order valence-corrected chi connectivity index (χ0v) is 9.83. The first kappa shape index (κ1) is 10.7. The van der Waals surface area contributed by atoms with Gasteiger partial charge in [-0.25, -0.2) is 0 Å². The molecular weight excluding hydrogens is 228 g/mol. The van der Waals surface area contributed by atoms with Crippen LogP contribution in [0.1, 0.15) is 13.8 Å². The number of fused-ring (bicyclic) bond motifs is 6. The standard InChI is InChI=1S/C11H16O6/c1-11(2)16-9-8-7(15-10(9)17-11)5-3-12-4-6(13-5)14-8/h5-10H,3-4H2,1-2H3. The first-order valence-electron chi connectivity index (χ1n) is 6.02. The van der Waals surface area contributed by atoms with Crippen LogP contribution >= 0.6 is 0 Å². The summed E-state index contributed by atoms with van der Waals surface area (Å²) in [5, 5.41) is 0. The van der Waals surface area contributed by atoms with Gasteiger partial charge in [-0.15, -0.1) is 0 Å². The van der Waals surface area contributed by atoms with Gasteiger partial charge in [-0.3, -0.25) is 0 Å². The van der Waals surface area contributed by atoms with E-state index in [0.29, 0.717) is 13.2 Å². The normalized spacial score (nSPS) is 55.4. The molecule has 0 aromatic heterocycles. The van der Waals surface area contributed by atoms with Gasteiger partial charge in [0.1, 0.15) is 24.4 Å². The maximum Gasteiger partial charge on any atom is 0.190 e. The number of ether oxygens (including phenoxy) is 6. The van der Waals surface area contributed by atoms with Gasteiger partial charge < -0.3 is 28.4 Å². The Morgan fingerprint density at radius 3 is 2.65 bits per heavy atom. The Bertz CT molecular complexity index is 332. The summed E-state index contributed by atoms with van der Waals surface area (Å²) in [5.74, 6) is -0.604. The van der Waals surface area contributed by atoms with E-state index in [1.54, 1.807) is 0 Å². The van der Waals surface area contributed by atoms with Crippen LogP contribution in [0.15, 0.2) is 0 Å². The molecule has 6 nitrogen and oxygen atoms in total. The van der Waals surface area contributed by atoms with E-state index in [1.807, 2.05) is 13.8 Å². The van der Waals surface area contributed by atoms with E-state index in [4.69, 9.17) is 28.4 Å². The first-order valence-corrected chi connectivity index (χ1v) is 6.02. The van der Waals surface area contributed by atoms with Crippen molar-refractivity contribution in [3.8, 4) is 0 Å². The molecule has 6 unspecified atom stereocenters. The van der Waals surface area contributed by atoms with Crippen LogP contribution in [0.25, 0.3) is 0 Å². The summed E-state index contributed by atoms with van der Waals surface area (Å²) < 4.78 is 34.2. The Morgan fingerprint density at radius 1 is 0.882 bits per heavy atom. The van der Waals surface area contributed by atoms with Crippen LogP contribution in [0.4, 0.5) is 0 Å². The summed E-state index contributed by atoms with van der Waals surface area (Å²) in [5.41, 5.74) is 0. The van der Waals surface area contributed by atoms with Crippen molar-refractivity contribution in [1.29, 1.82) is 0 Å². The second-order valence-electron chi connectivity index (χ2n) is 5.31. The molecule has 4 aliphatic rings. The molecule has 0 spiro atoms. The van der Waals surface area contributed by atoms with Crippen LogP contribution in [0.2, 0.25) is 0 Å². The van der Waals surface area contributed by atoms with Crippen LogP contribution in [0.5, 0.6) is 0 Å². The molecule has 0 amide bonds. The molecule has 4 heterocycles. The lowest BCUT2D eigenvalue weighted by Gasteiger charge is -2.42. The van der Waals surface area contributed by atoms with Crippen LogP contribution in [-0.2, 0) is 28.4 Å². The predicted octanol–water partition coefficient (Wildman–Crippen LogP) is 0.00310. The lowest BCUT2D eigenvalue weighted by atomic mass is 10.0. The quantitative estimate of drug-likeness (QED) is 0.598. The molecule has 96 valence electrons. The van der Waals surface area contributed by atoms with Gasteiger partial charge >= 0.3 is 0 Å². The highest BCUT2D eigenvalue weighted by Gasteiger charge is 2.60. The fourth-order valence-electron chi connectivity index (χ4n) is 2.93. The molecule has 6 atom stereocenters. The van der Waals surface area contributed by atoms with Gasteiger partial charge in [0.2, 0.25) is 0 Å². The maximum absolute atomic E-state index is 5.84. The summed E-state index contributed by atoms with van der Waals surface area (Å²) in [7, 11) is 0. The fourth-order valence-corrected chi connectivity index (χ4v) is 2.93. The van der Waals surface area contributed by atoms with Gasteiger partial charge in [-0.05, 0) is 13.8 Å². The lowest BCUT2D eigenvalue weighted by molar-refractivity contribution is -0.342. The third-order valence-electron chi connectivity index (χ3n) is 3.56. The van der Waals surface area contributed by atoms with E-state index < -0.39 is 5.79 Å². The first-order chi connectivity index (χ1) is 8.12. The average Bonchev–Trinajstić information content (AvgIpc) is 2.72. The number of rotatable bonds is 0. The molecule has 0 saturated carbocycles. The van der Waals surface area contributed by atoms with Crippen molar-refractivity contribution < 1.29 is 28.4 Å². The predicted molar refractivity (Wildman–Crippen MR) is 53.1 cm³/mol. The highest BCUT2D eigenvalue weighted by Crippen LogP contribution is 2.43. The summed E-state index contributed by atoms with van der Waals surface area (Å²) in [4.78, 5) is 0. The lowest BCUT2D eigenvalue weighted by Crippen LogP contribution is -2.57. The van der Waals surface area contributed by atoms with Crippen molar-refractivity contribution in [2.24, 2.45) is 0 Å². The van der Waals surface area contributed by atoms with Crippen molar-refractivity contribution in [2.75, 3.05) is 13.2 Å². The largest absolute Gasteiger partial charge is 0.373 e. The highest BCUT2D eigenvalue weighted by molar-refractivity contribution is 5.00. The van der Waals surface area contributed by atoms with E-state index in [0.717, 1.165) is 0 Å². The third kappa shape index (κ3) is 1.56. The van der Waals surface area contributed by atoms with Gasteiger partial charge in [-0.2, -0.15) is 0 Å². The summed E-state index contributed by atoms with van der Waals surface area (Å²) in [6.07, 6.45) is -1.17. The van der Waals surface area contributed by atoms with Gasteiger partial charge in [-0.1, -0.05) is 0 Å². The Hall–Kier alpha value is -0.240. The molecular formula is C11H16O6. The monoisotopic (exact) mass is 244 g/mol. The zero-order valence-electron chi connectivity index (χ0n) is 9.83. The minimum absolute atomic E-state index is 0.0755. The second kappa shape index (κ2) is 3.40. The van der Waals surface area contributed by atoms with Crippen LogP contribution in [-0.4, -0.2) is 56.0 Å². The van der Waals surface area contributed by atoms with Gasteiger partial charge in [0.05, 0.1) is 13.2 Å². The van der Waals surface area contributed by atoms with E-state index in [1.165, 1.54) is 0 Å². The molecule has 4 fully saturated rings. The Kier molecular flexibility index (Phi) is 2.13. The minimum Gasteiger partial charge on any atom is -0.373 e. The molecule has 17 heavy (non-hydrogen) atoms. The molecule has 6 heteroatoms. The minimum atomic E-state index is -0.604. The SMILES string of the molecule is CC1(C)OC2OC3C4COCC(O4)OC3C2O1. The highest BCUT2D eigenvalue weighted by atomic mass is 16.9. The van der Waals surface area contributed by atoms with E-state index in [9.17, 15) is 0 Å². The van der Waals surface area contributed by atoms with Crippen LogP contribution < -0.4 is 0 Å². The molecule has 2 bridgehead atoms. The fraction of sp³-hybridized carbons (Fsp3) is 1.00. The molecule has 4 aliphatic heterocycles. The molecule has 0 radical (unpaired) electrons. The molecule has 0 N–H and O–H groups in total. The molecule has 0 aliphatic carbocycles. The van der Waals surface area contributed by atoms with Crippen LogP contribution in [0, 0.1) is 0 Å². The number of hydrogen-bond donors (Lipinski definition) is 0. The third-order valence-corrected chi connectivity index (χ3v) is 3.56.